The molecule has 6 nitrogen and oxygen atoms in total. The van der Waals surface area contributed by atoms with Gasteiger partial charge in [0.15, 0.2) is 5.75 Å². The molecule has 1 aromatic carbocycles. The van der Waals surface area contributed by atoms with Crippen LogP contribution in [0.15, 0.2) is 48.7 Å². The number of rotatable bonds is 5. The molecule has 28 heavy (non-hydrogen) atoms. The Balaban J connectivity index is 2.12. The minimum Gasteiger partial charge on any atom is -0.404 e. The molecule has 146 valence electrons. The van der Waals surface area contributed by atoms with Gasteiger partial charge >= 0.3 is 6.36 Å². The fourth-order valence-corrected chi connectivity index (χ4v) is 2.56. The van der Waals surface area contributed by atoms with E-state index in [9.17, 15) is 13.2 Å². The molecule has 0 saturated heterocycles. The molecule has 0 aliphatic rings. The first-order valence-corrected chi connectivity index (χ1v) is 8.37. The van der Waals surface area contributed by atoms with Gasteiger partial charge in [-0.1, -0.05) is 18.2 Å². The second-order valence-corrected chi connectivity index (χ2v) is 6.04. The molecule has 9 heteroatoms. The van der Waals surface area contributed by atoms with E-state index in [0.29, 0.717) is 17.0 Å². The summed E-state index contributed by atoms with van der Waals surface area (Å²) in [5.74, 6) is 0.0403. The second-order valence-electron chi connectivity index (χ2n) is 6.04. The van der Waals surface area contributed by atoms with Crippen molar-refractivity contribution in [3.05, 3.63) is 65.6 Å². The van der Waals surface area contributed by atoms with E-state index in [0.717, 1.165) is 0 Å². The van der Waals surface area contributed by atoms with Gasteiger partial charge in [-0.05, 0) is 38.1 Å². The molecule has 0 aliphatic carbocycles. The maximum absolute atomic E-state index is 12.9. The summed E-state index contributed by atoms with van der Waals surface area (Å²) in [6.07, 6.45) is -3.24. The van der Waals surface area contributed by atoms with E-state index >= 15 is 0 Å². The van der Waals surface area contributed by atoms with E-state index in [-0.39, 0.29) is 29.7 Å². The van der Waals surface area contributed by atoms with Crippen molar-refractivity contribution >= 4 is 17.5 Å². The number of aromatic nitrogens is 3. The average Bonchev–Trinajstić information content (AvgIpc) is 2.64. The molecule has 0 fully saturated rings. The third kappa shape index (κ3) is 4.48. The Morgan fingerprint density at radius 3 is 2.39 bits per heavy atom. The number of halogens is 3. The maximum atomic E-state index is 12.9. The Labute approximate surface area is 159 Å². The molecule has 2 N–H and O–H groups in total. The summed E-state index contributed by atoms with van der Waals surface area (Å²) in [7, 11) is 0. The lowest BCUT2D eigenvalue weighted by atomic mass is 10.2. The molecule has 0 radical (unpaired) electrons. The topological polar surface area (TPSA) is 77.2 Å². The highest BCUT2D eigenvalue weighted by Crippen LogP contribution is 2.36. The predicted molar refractivity (Wildman–Crippen MR) is 99.1 cm³/mol. The van der Waals surface area contributed by atoms with Crippen molar-refractivity contribution in [1.82, 2.24) is 15.0 Å². The zero-order valence-corrected chi connectivity index (χ0v) is 15.2. The zero-order chi connectivity index (χ0) is 20.3. The number of ether oxygens (including phenoxy) is 1. The van der Waals surface area contributed by atoms with Crippen LogP contribution >= 0.6 is 0 Å². The number of nitrogens with zero attached hydrogens (tertiary/aromatic N) is 4. The summed E-state index contributed by atoms with van der Waals surface area (Å²) in [5.41, 5.74) is 8.06. The van der Waals surface area contributed by atoms with Gasteiger partial charge < -0.3 is 15.4 Å². The van der Waals surface area contributed by atoms with Gasteiger partial charge in [-0.3, -0.25) is 4.98 Å². The molecule has 3 rings (SSSR count). The number of benzene rings is 1. The van der Waals surface area contributed by atoms with Crippen LogP contribution in [-0.4, -0.2) is 21.3 Å². The Hall–Kier alpha value is -3.36. The highest BCUT2D eigenvalue weighted by Gasteiger charge is 2.33. The summed E-state index contributed by atoms with van der Waals surface area (Å²) in [6.45, 7) is 3.66. The Morgan fingerprint density at radius 2 is 1.75 bits per heavy atom. The molecule has 0 saturated carbocycles. The minimum atomic E-state index is -4.84. The SMILES string of the molecule is Cc1nc(N(Cc2ccccn2)c2ccccc2OC(F)(F)F)nc(N)c1C. The van der Waals surface area contributed by atoms with E-state index in [4.69, 9.17) is 5.73 Å². The molecule has 0 spiro atoms. The van der Waals surface area contributed by atoms with Crippen LogP contribution in [-0.2, 0) is 6.54 Å². The number of hydrogen-bond donors (Lipinski definition) is 1. The number of aryl methyl sites for hydroxylation is 1. The van der Waals surface area contributed by atoms with Gasteiger partial charge in [0.05, 0.1) is 17.9 Å². The van der Waals surface area contributed by atoms with Gasteiger partial charge in [0.25, 0.3) is 0 Å². The molecule has 0 bridgehead atoms. The van der Waals surface area contributed by atoms with Crippen molar-refractivity contribution in [3.8, 4) is 5.75 Å². The first kappa shape index (κ1) is 19.4. The normalized spacial score (nSPS) is 11.3. The zero-order valence-electron chi connectivity index (χ0n) is 15.2. The van der Waals surface area contributed by atoms with E-state index in [1.165, 1.54) is 23.1 Å². The van der Waals surface area contributed by atoms with E-state index < -0.39 is 6.36 Å². The molecule has 0 unspecified atom stereocenters. The summed E-state index contributed by atoms with van der Waals surface area (Å²) >= 11 is 0. The monoisotopic (exact) mass is 389 g/mol. The first-order valence-electron chi connectivity index (χ1n) is 8.37. The number of nitrogen functional groups attached to an aromatic ring is 1. The molecular weight excluding hydrogens is 371 g/mol. The first-order chi connectivity index (χ1) is 13.2. The third-order valence-corrected chi connectivity index (χ3v) is 4.08. The quantitative estimate of drug-likeness (QED) is 0.701. The van der Waals surface area contributed by atoms with Crippen LogP contribution in [0.2, 0.25) is 0 Å². The van der Waals surface area contributed by atoms with E-state index in [1.54, 1.807) is 44.3 Å². The summed E-state index contributed by atoms with van der Waals surface area (Å²) in [5, 5.41) is 0. The standard InChI is InChI=1S/C19H18F3N5O/c1-12-13(2)25-18(26-17(12)23)27(11-14-7-5-6-10-24-14)15-8-3-4-9-16(15)28-19(20,21)22/h3-10H,11H2,1-2H3,(H2,23,25,26). The highest BCUT2D eigenvalue weighted by atomic mass is 19.4. The van der Waals surface area contributed by atoms with Crippen molar-refractivity contribution in [2.24, 2.45) is 0 Å². The van der Waals surface area contributed by atoms with Crippen LogP contribution in [0.3, 0.4) is 0 Å². The van der Waals surface area contributed by atoms with Crippen molar-refractivity contribution in [2.75, 3.05) is 10.6 Å². The van der Waals surface area contributed by atoms with E-state index in [2.05, 4.69) is 19.7 Å². The van der Waals surface area contributed by atoms with Crippen molar-refractivity contribution in [2.45, 2.75) is 26.8 Å². The Morgan fingerprint density at radius 1 is 1.04 bits per heavy atom. The highest BCUT2D eigenvalue weighted by molar-refractivity contribution is 5.66. The molecule has 2 heterocycles. The largest absolute Gasteiger partial charge is 0.573 e. The van der Waals surface area contributed by atoms with Crippen molar-refractivity contribution in [3.63, 3.8) is 0 Å². The lowest BCUT2D eigenvalue weighted by Crippen LogP contribution is -2.24. The number of anilines is 3. The van der Waals surface area contributed by atoms with Crippen LogP contribution < -0.4 is 15.4 Å². The van der Waals surface area contributed by atoms with Crippen LogP contribution in [0.1, 0.15) is 17.0 Å². The molecule has 0 atom stereocenters. The van der Waals surface area contributed by atoms with Gasteiger partial charge in [0, 0.05) is 17.5 Å². The van der Waals surface area contributed by atoms with Gasteiger partial charge in [-0.2, -0.15) is 4.98 Å². The van der Waals surface area contributed by atoms with Crippen molar-refractivity contribution < 1.29 is 17.9 Å². The fraction of sp³-hybridized carbons (Fsp3) is 0.211. The molecule has 0 aliphatic heterocycles. The number of para-hydroxylation sites is 2. The van der Waals surface area contributed by atoms with Gasteiger partial charge in [0.1, 0.15) is 5.82 Å². The third-order valence-electron chi connectivity index (χ3n) is 4.08. The molecular formula is C19H18F3N5O. The van der Waals surface area contributed by atoms with Crippen molar-refractivity contribution in [1.29, 1.82) is 0 Å². The van der Waals surface area contributed by atoms with Gasteiger partial charge in [-0.15, -0.1) is 13.2 Å². The lowest BCUT2D eigenvalue weighted by molar-refractivity contribution is -0.274. The van der Waals surface area contributed by atoms with Crippen LogP contribution in [0, 0.1) is 13.8 Å². The number of pyridine rings is 1. The predicted octanol–water partition coefficient (Wildman–Crippen LogP) is 4.31. The number of alkyl halides is 3. The van der Waals surface area contributed by atoms with Crippen LogP contribution in [0.5, 0.6) is 5.75 Å². The van der Waals surface area contributed by atoms with Crippen LogP contribution in [0.4, 0.5) is 30.6 Å². The fourth-order valence-electron chi connectivity index (χ4n) is 2.56. The molecule has 3 aromatic rings. The van der Waals surface area contributed by atoms with Gasteiger partial charge in [0.2, 0.25) is 5.95 Å². The Kier molecular flexibility index (Phi) is 5.34. The summed E-state index contributed by atoms with van der Waals surface area (Å²) in [6, 6.07) is 11.1. The smallest absolute Gasteiger partial charge is 0.404 e. The minimum absolute atomic E-state index is 0.126. The summed E-state index contributed by atoms with van der Waals surface area (Å²) < 4.78 is 42.9. The molecule has 2 aromatic heterocycles. The summed E-state index contributed by atoms with van der Waals surface area (Å²) in [4.78, 5) is 14.4. The molecule has 0 amide bonds. The lowest BCUT2D eigenvalue weighted by Gasteiger charge is -2.26. The number of hydrogen-bond acceptors (Lipinski definition) is 6. The number of nitrogens with two attached hydrogens (primary N) is 1. The van der Waals surface area contributed by atoms with E-state index in [1.807, 2.05) is 0 Å². The average molecular weight is 389 g/mol. The Bertz CT molecular complexity index is 940. The van der Waals surface area contributed by atoms with Crippen LogP contribution in [0.25, 0.3) is 0 Å². The van der Waals surface area contributed by atoms with Gasteiger partial charge in [-0.25, -0.2) is 4.98 Å². The maximum Gasteiger partial charge on any atom is 0.573 e. The second kappa shape index (κ2) is 7.71.